The number of nitro benzene ring substituents is 2. The van der Waals surface area contributed by atoms with Crippen LogP contribution >= 0.6 is 11.6 Å². The molecule has 0 saturated heterocycles. The Morgan fingerprint density at radius 3 is 1.88 bits per heavy atom. The Morgan fingerprint density at radius 1 is 1.18 bits per heavy atom. The van der Waals surface area contributed by atoms with Crippen molar-refractivity contribution in [3.05, 3.63) is 37.4 Å². The zero-order chi connectivity index (χ0) is 13.2. The Labute approximate surface area is 101 Å². The summed E-state index contributed by atoms with van der Waals surface area (Å²) in [5, 5.41) is 20.3. The highest BCUT2D eigenvalue weighted by atomic mass is 35.5. The molecular weight excluding hydrogens is 280 g/mol. The average molecular weight is 282 g/mol. The Bertz CT molecular complexity index is 484. The third-order valence-corrected chi connectivity index (χ3v) is 2.28. The molecule has 1 unspecified atom stereocenters. The van der Waals surface area contributed by atoms with E-state index in [9.17, 15) is 29.0 Å². The third kappa shape index (κ3) is 3.09. The fraction of sp³-hybridized carbons (Fsp3) is 0. The van der Waals surface area contributed by atoms with Crippen LogP contribution in [0.1, 0.15) is 0 Å². The Kier molecular flexibility index (Phi) is 3.93. The maximum absolute atomic E-state index is 10.5. The molecule has 0 aliphatic carbocycles. The van der Waals surface area contributed by atoms with Gasteiger partial charge in [-0.25, -0.2) is 4.21 Å². The number of benzene rings is 1. The monoisotopic (exact) mass is 281 g/mol. The SMILES string of the molecule is O=[N+]([O-])c1cc(OS(=O)[O-])cc([N+](=O)[O-])c1Cl. The summed E-state index contributed by atoms with van der Waals surface area (Å²) >= 11 is 2.41. The molecule has 0 aliphatic heterocycles. The van der Waals surface area contributed by atoms with Gasteiger partial charge in [-0.1, -0.05) is 11.6 Å². The van der Waals surface area contributed by atoms with Crippen LogP contribution < -0.4 is 4.18 Å². The summed E-state index contributed by atoms with van der Waals surface area (Å²) < 4.78 is 24.5. The summed E-state index contributed by atoms with van der Waals surface area (Å²) in [7, 11) is 0. The van der Waals surface area contributed by atoms with Gasteiger partial charge in [-0.05, 0) is 0 Å². The molecule has 0 bridgehead atoms. The molecule has 0 saturated carbocycles. The lowest BCUT2D eigenvalue weighted by Gasteiger charge is -2.07. The highest BCUT2D eigenvalue weighted by Crippen LogP contribution is 2.37. The average Bonchev–Trinajstić information content (AvgIpc) is 2.18. The lowest BCUT2D eigenvalue weighted by atomic mass is 10.2. The smallest absolute Gasteiger partial charge is 0.298 e. The van der Waals surface area contributed by atoms with Crippen LogP contribution in [-0.2, 0) is 11.4 Å². The number of nitro groups is 2. The van der Waals surface area contributed by atoms with Crippen LogP contribution in [0.25, 0.3) is 0 Å². The maximum atomic E-state index is 10.5. The van der Waals surface area contributed by atoms with Gasteiger partial charge in [0, 0.05) is 0 Å². The molecule has 0 heterocycles. The van der Waals surface area contributed by atoms with Crippen molar-refractivity contribution < 1.29 is 22.8 Å². The van der Waals surface area contributed by atoms with E-state index in [0.717, 1.165) is 0 Å². The van der Waals surface area contributed by atoms with Gasteiger partial charge in [0.25, 0.3) is 11.4 Å². The first kappa shape index (κ1) is 13.3. The summed E-state index contributed by atoms with van der Waals surface area (Å²) in [5.41, 5.74) is -1.64. The van der Waals surface area contributed by atoms with E-state index in [2.05, 4.69) is 4.18 Å². The summed E-state index contributed by atoms with van der Waals surface area (Å²) in [5.74, 6) is -0.568. The van der Waals surface area contributed by atoms with Gasteiger partial charge < -0.3 is 8.74 Å². The maximum Gasteiger partial charge on any atom is 0.298 e. The summed E-state index contributed by atoms with van der Waals surface area (Å²) in [6.45, 7) is 0. The van der Waals surface area contributed by atoms with Crippen molar-refractivity contribution in [3.63, 3.8) is 0 Å². The molecule has 1 rings (SSSR count). The molecule has 92 valence electrons. The predicted octanol–water partition coefficient (Wildman–Crippen LogP) is 1.33. The molecule has 1 aromatic carbocycles. The topological polar surface area (TPSA) is 136 Å². The zero-order valence-corrected chi connectivity index (χ0v) is 9.27. The van der Waals surface area contributed by atoms with Crippen LogP contribution in [0.5, 0.6) is 5.75 Å². The van der Waals surface area contributed by atoms with Gasteiger partial charge in [0.15, 0.2) is 10.8 Å². The van der Waals surface area contributed by atoms with Gasteiger partial charge in [-0.3, -0.25) is 20.2 Å². The van der Waals surface area contributed by atoms with Crippen LogP contribution in [-0.4, -0.2) is 18.6 Å². The second-order valence-electron chi connectivity index (χ2n) is 2.58. The summed E-state index contributed by atoms with van der Waals surface area (Å²) in [6, 6.07) is 1.34. The Hall–Kier alpha value is -1.78. The van der Waals surface area contributed by atoms with Crippen molar-refractivity contribution in [3.8, 4) is 5.75 Å². The van der Waals surface area contributed by atoms with Gasteiger partial charge in [0.1, 0.15) is 11.4 Å². The van der Waals surface area contributed by atoms with Crippen molar-refractivity contribution in [2.75, 3.05) is 0 Å². The molecule has 0 fully saturated rings. The Morgan fingerprint density at radius 2 is 1.59 bits per heavy atom. The third-order valence-electron chi connectivity index (χ3n) is 1.57. The quantitative estimate of drug-likeness (QED) is 0.461. The van der Waals surface area contributed by atoms with Gasteiger partial charge in [0.05, 0.1) is 22.0 Å². The van der Waals surface area contributed by atoms with E-state index in [0.29, 0.717) is 12.1 Å². The molecule has 0 amide bonds. The lowest BCUT2D eigenvalue weighted by Crippen LogP contribution is -2.01. The molecular formula is C6H2ClN2O7S-. The molecule has 1 aromatic rings. The second-order valence-corrected chi connectivity index (χ2v) is 3.53. The van der Waals surface area contributed by atoms with Gasteiger partial charge in [0.2, 0.25) is 0 Å². The fourth-order valence-corrected chi connectivity index (χ4v) is 1.46. The number of nitrogens with zero attached hydrogens (tertiary/aromatic N) is 2. The Balaban J connectivity index is 3.41. The highest BCUT2D eigenvalue weighted by molar-refractivity contribution is 7.74. The minimum Gasteiger partial charge on any atom is -0.740 e. The molecule has 11 heteroatoms. The van der Waals surface area contributed by atoms with Crippen molar-refractivity contribution in [1.29, 1.82) is 0 Å². The number of halogens is 1. The highest BCUT2D eigenvalue weighted by Gasteiger charge is 2.26. The van der Waals surface area contributed by atoms with E-state index < -0.39 is 43.4 Å². The minimum absolute atomic E-state index is 0.568. The van der Waals surface area contributed by atoms with Crippen LogP contribution in [0.4, 0.5) is 11.4 Å². The molecule has 0 radical (unpaired) electrons. The van der Waals surface area contributed by atoms with E-state index in [-0.39, 0.29) is 0 Å². The van der Waals surface area contributed by atoms with E-state index in [1.54, 1.807) is 0 Å². The van der Waals surface area contributed by atoms with Crippen molar-refractivity contribution in [2.24, 2.45) is 0 Å². The molecule has 0 aromatic heterocycles. The van der Waals surface area contributed by atoms with Gasteiger partial charge in [-0.15, -0.1) is 0 Å². The molecule has 0 N–H and O–H groups in total. The van der Waals surface area contributed by atoms with Gasteiger partial charge >= 0.3 is 0 Å². The summed E-state index contributed by atoms with van der Waals surface area (Å²) in [4.78, 5) is 19.1. The minimum atomic E-state index is -3.00. The van der Waals surface area contributed by atoms with E-state index in [1.165, 1.54) is 0 Å². The van der Waals surface area contributed by atoms with Gasteiger partial charge in [-0.2, -0.15) is 0 Å². The standard InChI is InChI=1S/C6H3ClN2O7S/c7-6-4(8(10)11)1-3(16-17(14)15)2-5(6)9(12)13/h1-2H,(H,14,15)/p-1. The van der Waals surface area contributed by atoms with Crippen LogP contribution in [0.15, 0.2) is 12.1 Å². The largest absolute Gasteiger partial charge is 0.740 e. The summed E-state index contributed by atoms with van der Waals surface area (Å²) in [6.07, 6.45) is 0. The first-order chi connectivity index (χ1) is 7.82. The number of hydrogen-bond acceptors (Lipinski definition) is 7. The molecule has 1 atom stereocenters. The molecule has 0 spiro atoms. The van der Waals surface area contributed by atoms with E-state index in [4.69, 9.17) is 11.6 Å². The fourth-order valence-electron chi connectivity index (χ4n) is 0.961. The second kappa shape index (κ2) is 5.03. The lowest BCUT2D eigenvalue weighted by molar-refractivity contribution is -0.394. The first-order valence-electron chi connectivity index (χ1n) is 3.73. The predicted molar refractivity (Wildman–Crippen MR) is 54.3 cm³/mol. The molecule has 0 aliphatic rings. The van der Waals surface area contributed by atoms with Crippen molar-refractivity contribution in [2.45, 2.75) is 0 Å². The first-order valence-corrected chi connectivity index (χ1v) is 5.10. The number of rotatable bonds is 4. The number of hydrogen-bond donors (Lipinski definition) is 0. The van der Waals surface area contributed by atoms with Crippen LogP contribution in [0, 0.1) is 20.2 Å². The van der Waals surface area contributed by atoms with E-state index in [1.807, 2.05) is 0 Å². The molecule has 17 heavy (non-hydrogen) atoms. The van der Waals surface area contributed by atoms with Crippen molar-refractivity contribution in [1.82, 2.24) is 0 Å². The van der Waals surface area contributed by atoms with Crippen LogP contribution in [0.3, 0.4) is 0 Å². The van der Waals surface area contributed by atoms with Crippen LogP contribution in [0.2, 0.25) is 5.02 Å². The zero-order valence-electron chi connectivity index (χ0n) is 7.69. The van der Waals surface area contributed by atoms with E-state index >= 15 is 0 Å². The normalized spacial score (nSPS) is 11.9. The van der Waals surface area contributed by atoms with Crippen molar-refractivity contribution >= 4 is 34.3 Å². The molecule has 9 nitrogen and oxygen atoms in total.